The van der Waals surface area contributed by atoms with Gasteiger partial charge in [0, 0.05) is 5.92 Å². The highest BCUT2D eigenvalue weighted by atomic mass is 16.5. The van der Waals surface area contributed by atoms with E-state index in [1.165, 1.54) is 34.1 Å². The number of benzene rings is 1. The highest BCUT2D eigenvalue weighted by Crippen LogP contribution is 2.39. The van der Waals surface area contributed by atoms with E-state index in [9.17, 15) is 19.2 Å². The van der Waals surface area contributed by atoms with E-state index >= 15 is 0 Å². The lowest BCUT2D eigenvalue weighted by molar-refractivity contribution is -0.157. The van der Waals surface area contributed by atoms with Gasteiger partial charge in [0.1, 0.15) is 23.4 Å². The maximum Gasteiger partial charge on any atom is 0.317 e. The molecule has 0 unspecified atom stereocenters. The SMILES string of the molecule is CCOC(=O)[C@H](C(C)=O)C(c1ccc(OC)c(OC)c1)[C@@H](C(C)=O)C(=O)OCC. The lowest BCUT2D eigenvalue weighted by atomic mass is 9.73. The van der Waals surface area contributed by atoms with E-state index < -0.39 is 41.3 Å². The van der Waals surface area contributed by atoms with Crippen molar-refractivity contribution in [3.8, 4) is 11.5 Å². The molecule has 1 rings (SSSR count). The summed E-state index contributed by atoms with van der Waals surface area (Å²) in [7, 11) is 2.89. The van der Waals surface area contributed by atoms with Gasteiger partial charge in [0.15, 0.2) is 11.5 Å². The number of carbonyl (C=O) groups is 4. The topological polar surface area (TPSA) is 105 Å². The zero-order chi connectivity index (χ0) is 22.1. The van der Waals surface area contributed by atoms with E-state index in [1.54, 1.807) is 26.0 Å². The second-order valence-electron chi connectivity index (χ2n) is 6.32. The van der Waals surface area contributed by atoms with Gasteiger partial charge in [-0.25, -0.2) is 0 Å². The van der Waals surface area contributed by atoms with E-state index in [1.807, 2.05) is 0 Å². The van der Waals surface area contributed by atoms with Crippen molar-refractivity contribution in [3.63, 3.8) is 0 Å². The largest absolute Gasteiger partial charge is 0.493 e. The molecule has 0 saturated carbocycles. The minimum Gasteiger partial charge on any atom is -0.493 e. The first-order chi connectivity index (χ1) is 13.7. The Morgan fingerprint density at radius 1 is 0.793 bits per heavy atom. The molecule has 0 N–H and O–H groups in total. The van der Waals surface area contributed by atoms with E-state index in [0.717, 1.165) is 0 Å². The molecule has 0 amide bonds. The monoisotopic (exact) mass is 408 g/mol. The number of methoxy groups -OCH3 is 2. The molecule has 0 fully saturated rings. The van der Waals surface area contributed by atoms with Gasteiger partial charge in [-0.15, -0.1) is 0 Å². The van der Waals surface area contributed by atoms with Crippen LogP contribution in [-0.4, -0.2) is 50.9 Å². The van der Waals surface area contributed by atoms with Crippen LogP contribution in [0.1, 0.15) is 39.2 Å². The number of Topliss-reactive ketones (excluding diaryl/α,β-unsaturated/α-hetero) is 2. The summed E-state index contributed by atoms with van der Waals surface area (Å²) < 4.78 is 20.6. The van der Waals surface area contributed by atoms with Crippen LogP contribution in [0.25, 0.3) is 0 Å². The van der Waals surface area contributed by atoms with E-state index in [2.05, 4.69) is 0 Å². The molecule has 8 heteroatoms. The fraction of sp³-hybridized carbons (Fsp3) is 0.524. The first-order valence-corrected chi connectivity index (χ1v) is 9.29. The summed E-state index contributed by atoms with van der Waals surface area (Å²) in [6.07, 6.45) is 0. The van der Waals surface area contributed by atoms with Gasteiger partial charge < -0.3 is 18.9 Å². The fourth-order valence-electron chi connectivity index (χ4n) is 3.23. The molecular formula is C21H28O8. The molecule has 0 heterocycles. The van der Waals surface area contributed by atoms with Gasteiger partial charge in [-0.1, -0.05) is 6.07 Å². The van der Waals surface area contributed by atoms with Crippen molar-refractivity contribution in [1.82, 2.24) is 0 Å². The summed E-state index contributed by atoms with van der Waals surface area (Å²) in [5.41, 5.74) is 0.379. The molecule has 160 valence electrons. The van der Waals surface area contributed by atoms with Gasteiger partial charge >= 0.3 is 11.9 Å². The first kappa shape index (κ1) is 24.1. The lowest BCUT2D eigenvalue weighted by Gasteiger charge is -2.29. The third-order valence-electron chi connectivity index (χ3n) is 4.47. The second-order valence-corrected chi connectivity index (χ2v) is 6.32. The Hall–Kier alpha value is -2.90. The fourth-order valence-corrected chi connectivity index (χ4v) is 3.23. The molecule has 1 aromatic carbocycles. The van der Waals surface area contributed by atoms with Gasteiger partial charge in [-0.2, -0.15) is 0 Å². The van der Waals surface area contributed by atoms with Crippen LogP contribution in [0, 0.1) is 11.8 Å². The van der Waals surface area contributed by atoms with Crippen LogP contribution >= 0.6 is 0 Å². The maximum absolute atomic E-state index is 12.6. The zero-order valence-electron chi connectivity index (χ0n) is 17.6. The Morgan fingerprint density at radius 2 is 1.24 bits per heavy atom. The highest BCUT2D eigenvalue weighted by Gasteiger charge is 2.45. The number of ketones is 2. The van der Waals surface area contributed by atoms with E-state index in [4.69, 9.17) is 18.9 Å². The van der Waals surface area contributed by atoms with Crippen molar-refractivity contribution in [1.29, 1.82) is 0 Å². The summed E-state index contributed by atoms with van der Waals surface area (Å²) in [6, 6.07) is 4.69. The summed E-state index contributed by atoms with van der Waals surface area (Å²) in [6.45, 7) is 5.74. The van der Waals surface area contributed by atoms with Crippen LogP contribution in [0.2, 0.25) is 0 Å². The van der Waals surface area contributed by atoms with Crippen LogP contribution in [0.15, 0.2) is 18.2 Å². The molecule has 2 atom stereocenters. The number of rotatable bonds is 11. The average molecular weight is 408 g/mol. The number of hydrogen-bond acceptors (Lipinski definition) is 8. The van der Waals surface area contributed by atoms with Gasteiger partial charge in [0.25, 0.3) is 0 Å². The van der Waals surface area contributed by atoms with Crippen molar-refractivity contribution in [2.45, 2.75) is 33.6 Å². The van der Waals surface area contributed by atoms with Crippen molar-refractivity contribution < 1.29 is 38.1 Å². The van der Waals surface area contributed by atoms with Crippen molar-refractivity contribution >= 4 is 23.5 Å². The lowest BCUT2D eigenvalue weighted by Crippen LogP contribution is -2.40. The summed E-state index contributed by atoms with van der Waals surface area (Å²) in [5, 5.41) is 0. The summed E-state index contributed by atoms with van der Waals surface area (Å²) in [5.74, 6) is -5.79. The Kier molecular flexibility index (Phi) is 9.31. The summed E-state index contributed by atoms with van der Waals surface area (Å²) >= 11 is 0. The van der Waals surface area contributed by atoms with Gasteiger partial charge in [0.2, 0.25) is 0 Å². The Bertz CT molecular complexity index is 719. The predicted molar refractivity (Wildman–Crippen MR) is 104 cm³/mol. The minimum atomic E-state index is -1.37. The number of esters is 2. The van der Waals surface area contributed by atoms with Crippen LogP contribution < -0.4 is 9.47 Å². The minimum absolute atomic E-state index is 0.0470. The predicted octanol–water partition coefficient (Wildman–Crippen LogP) is 2.32. The van der Waals surface area contributed by atoms with Crippen molar-refractivity contribution in [2.24, 2.45) is 11.8 Å². The van der Waals surface area contributed by atoms with Crippen LogP contribution in [0.5, 0.6) is 11.5 Å². The Morgan fingerprint density at radius 3 is 1.59 bits per heavy atom. The number of ether oxygens (including phenoxy) is 4. The van der Waals surface area contributed by atoms with Gasteiger partial charge in [0.05, 0.1) is 27.4 Å². The van der Waals surface area contributed by atoms with E-state index in [0.29, 0.717) is 17.1 Å². The maximum atomic E-state index is 12.6. The third kappa shape index (κ3) is 5.79. The van der Waals surface area contributed by atoms with Gasteiger partial charge in [-0.3, -0.25) is 19.2 Å². The number of hydrogen-bond donors (Lipinski definition) is 0. The van der Waals surface area contributed by atoms with E-state index in [-0.39, 0.29) is 13.2 Å². The third-order valence-corrected chi connectivity index (χ3v) is 4.47. The zero-order valence-corrected chi connectivity index (χ0v) is 17.6. The molecule has 1 aromatic rings. The molecular weight excluding hydrogens is 380 g/mol. The molecule has 0 aliphatic heterocycles. The summed E-state index contributed by atoms with van der Waals surface area (Å²) in [4.78, 5) is 50.1. The average Bonchev–Trinajstić information content (AvgIpc) is 2.66. The molecule has 0 aliphatic carbocycles. The van der Waals surface area contributed by atoms with Crippen molar-refractivity contribution in [2.75, 3.05) is 27.4 Å². The first-order valence-electron chi connectivity index (χ1n) is 9.29. The quantitative estimate of drug-likeness (QED) is 0.406. The normalized spacial score (nSPS) is 12.7. The molecule has 29 heavy (non-hydrogen) atoms. The molecule has 0 bridgehead atoms. The Labute approximate surface area is 170 Å². The smallest absolute Gasteiger partial charge is 0.317 e. The van der Waals surface area contributed by atoms with Crippen LogP contribution in [-0.2, 0) is 28.7 Å². The molecule has 8 nitrogen and oxygen atoms in total. The van der Waals surface area contributed by atoms with Crippen molar-refractivity contribution in [3.05, 3.63) is 23.8 Å². The highest BCUT2D eigenvalue weighted by molar-refractivity contribution is 6.04. The molecule has 0 aliphatic rings. The van der Waals surface area contributed by atoms with Crippen LogP contribution in [0.4, 0.5) is 0 Å². The second kappa shape index (κ2) is 11.2. The van der Waals surface area contributed by atoms with Crippen LogP contribution in [0.3, 0.4) is 0 Å². The van der Waals surface area contributed by atoms with Gasteiger partial charge in [-0.05, 0) is 45.4 Å². The molecule has 0 aromatic heterocycles. The molecule has 0 spiro atoms. The molecule has 0 radical (unpaired) electrons. The standard InChI is InChI=1S/C21H28O8/c1-7-28-20(24)17(12(3)22)19(18(13(4)23)21(25)29-8-2)14-9-10-15(26-5)16(11-14)27-6/h9-11,17-19H,7-8H2,1-6H3/t17-,18-/m1/s1. The number of carbonyl (C=O) groups excluding carboxylic acids is 4. The molecule has 0 saturated heterocycles. The Balaban J connectivity index is 3.71.